The van der Waals surface area contributed by atoms with Crippen LogP contribution in [0.25, 0.3) is 0 Å². The van der Waals surface area contributed by atoms with Crippen molar-refractivity contribution in [2.75, 3.05) is 84.6 Å². The van der Waals surface area contributed by atoms with Crippen LogP contribution in [0, 0.1) is 12.3 Å². The van der Waals surface area contributed by atoms with E-state index in [4.69, 9.17) is 34.4 Å². The van der Waals surface area contributed by atoms with E-state index in [0.29, 0.717) is 64.7 Å². The quantitative estimate of drug-likeness (QED) is 0.0268. The molecule has 1 aromatic rings. The van der Waals surface area contributed by atoms with E-state index in [1.807, 2.05) is 36.9 Å². The Morgan fingerprint density at radius 3 is 1.68 bits per heavy atom. The van der Waals surface area contributed by atoms with Gasteiger partial charge in [0, 0.05) is 96.6 Å². The maximum Gasteiger partial charge on any atom is 0.472 e. The zero-order chi connectivity index (χ0) is 66.5. The van der Waals surface area contributed by atoms with Crippen LogP contribution >= 0.6 is 19.6 Å². The molecule has 0 radical (unpaired) electrons. The number of unbranched alkanes of at least 4 members (excludes halogenated alkanes) is 27. The maximum atomic E-state index is 12.9. The Kier molecular flexibility index (Phi) is 56.2. The van der Waals surface area contributed by atoms with Gasteiger partial charge in [0.05, 0.1) is 26.3 Å². The summed E-state index contributed by atoms with van der Waals surface area (Å²) in [6.45, 7) is 13.9. The van der Waals surface area contributed by atoms with Crippen LogP contribution in [0.5, 0.6) is 0 Å². The van der Waals surface area contributed by atoms with Gasteiger partial charge in [0.25, 0.3) is 0 Å². The summed E-state index contributed by atoms with van der Waals surface area (Å²) in [6, 6.07) is 10.2. The number of benzene rings is 1. The summed E-state index contributed by atoms with van der Waals surface area (Å²) in [7, 11) is -4.62. The summed E-state index contributed by atoms with van der Waals surface area (Å²) in [5.41, 5.74) is 1.24. The molecule has 0 saturated carbocycles. The van der Waals surface area contributed by atoms with Crippen molar-refractivity contribution < 1.29 is 61.4 Å². The number of phosphoric ester groups is 1. The van der Waals surface area contributed by atoms with Crippen molar-refractivity contribution in [3.63, 3.8) is 0 Å². The average molecular weight is 1320 g/mol. The molecule has 91 heavy (non-hydrogen) atoms. The van der Waals surface area contributed by atoms with Crippen molar-refractivity contribution in [3.8, 4) is 12.3 Å². The summed E-state index contributed by atoms with van der Waals surface area (Å²) in [4.78, 5) is 85.3. The second-order valence-electron chi connectivity index (χ2n) is 23.7. The number of aliphatic imine (C=N–C) groups is 2. The molecule has 2 atom stereocenters. The highest BCUT2D eigenvalue weighted by Crippen LogP contribution is 2.43. The molecule has 3 amide bonds. The molecule has 522 valence electrons. The Balaban J connectivity index is 0.00000222. The number of hydrogen-bond acceptors (Lipinski definition) is 15. The average Bonchev–Trinajstić information content (AvgIpc) is 4.42. The zero-order valence-corrected chi connectivity index (χ0v) is 59.1. The third-order valence-corrected chi connectivity index (χ3v) is 17.6. The molecule has 18 nitrogen and oxygen atoms in total. The molecule has 2 aliphatic rings. The Bertz CT molecular complexity index is 2150. The number of ether oxygens (including phenoxy) is 4. The van der Waals surface area contributed by atoms with E-state index < -0.39 is 32.5 Å². The van der Waals surface area contributed by atoms with Crippen LogP contribution in [0.2, 0.25) is 0 Å². The minimum atomic E-state index is -4.62. The highest BCUT2D eigenvalue weighted by atomic mass is 32.2. The summed E-state index contributed by atoms with van der Waals surface area (Å²) < 4.78 is 44.3. The highest BCUT2D eigenvalue weighted by Gasteiger charge is 2.26. The van der Waals surface area contributed by atoms with Crippen LogP contribution in [0.1, 0.15) is 271 Å². The second-order valence-corrected chi connectivity index (χ2v) is 26.3. The lowest BCUT2D eigenvalue weighted by atomic mass is 10.0. The van der Waals surface area contributed by atoms with Crippen LogP contribution in [-0.2, 0) is 62.3 Å². The Morgan fingerprint density at radius 2 is 1.18 bits per heavy atom. The summed E-state index contributed by atoms with van der Waals surface area (Å²) >= 11 is 1.78. The van der Waals surface area contributed by atoms with Crippen molar-refractivity contribution in [1.29, 1.82) is 0 Å². The van der Waals surface area contributed by atoms with E-state index >= 15 is 0 Å². The van der Waals surface area contributed by atoms with Gasteiger partial charge in [-0.1, -0.05) is 212 Å². The summed E-state index contributed by atoms with van der Waals surface area (Å²) in [5.74, 6) is 4.83. The molecule has 0 bridgehead atoms. The number of carbonyl (C=O) groups excluding carboxylic acids is 5. The van der Waals surface area contributed by atoms with Gasteiger partial charge in [0.2, 0.25) is 17.7 Å². The smallest absolute Gasteiger partial charge is 0.472 e. The van der Waals surface area contributed by atoms with Gasteiger partial charge in [0.15, 0.2) is 17.9 Å². The van der Waals surface area contributed by atoms with Gasteiger partial charge in [0.1, 0.15) is 19.8 Å². The minimum Gasteiger partial charge on any atom is -0.479 e. The Hall–Kier alpha value is -4.47. The largest absolute Gasteiger partial charge is 0.479 e. The molecule has 2 N–H and O–H groups in total. The van der Waals surface area contributed by atoms with Crippen molar-refractivity contribution in [1.82, 2.24) is 15.1 Å². The molecule has 2 heterocycles. The van der Waals surface area contributed by atoms with E-state index in [2.05, 4.69) is 47.2 Å². The van der Waals surface area contributed by atoms with Crippen molar-refractivity contribution >= 4 is 61.0 Å². The van der Waals surface area contributed by atoms with Crippen LogP contribution in [-0.4, -0.2) is 147 Å². The van der Waals surface area contributed by atoms with E-state index in [9.17, 15) is 33.4 Å². The summed E-state index contributed by atoms with van der Waals surface area (Å²) in [5, 5.41) is 2.69. The van der Waals surface area contributed by atoms with Crippen LogP contribution in [0.4, 0.5) is 0 Å². The van der Waals surface area contributed by atoms with Crippen molar-refractivity contribution in [2.24, 2.45) is 9.98 Å². The van der Waals surface area contributed by atoms with Gasteiger partial charge in [-0.3, -0.25) is 43.0 Å². The predicted octanol–water partition coefficient (Wildman–Crippen LogP) is 15.9. The molecule has 1 unspecified atom stereocenters. The monoisotopic (exact) mass is 1320 g/mol. The first-order valence-electron chi connectivity index (χ1n) is 35.3. The first-order valence-corrected chi connectivity index (χ1v) is 38.0. The molecular weight excluding hydrogens is 1190 g/mol. The van der Waals surface area contributed by atoms with Gasteiger partial charge in [-0.25, -0.2) is 4.57 Å². The molecule has 0 spiro atoms. The number of terminal acetylenes is 1. The van der Waals surface area contributed by atoms with E-state index in [0.717, 1.165) is 107 Å². The molecule has 3 rings (SSSR count). The number of thioether (sulfide) groups is 1. The Labute approximate surface area is 555 Å². The number of nitrogens with one attached hydrogen (secondary N) is 1. The molecule has 0 aromatic heterocycles. The molecule has 2 aliphatic heterocycles. The van der Waals surface area contributed by atoms with E-state index in [1.54, 1.807) is 16.7 Å². The lowest BCUT2D eigenvalue weighted by molar-refractivity contribution is -0.161. The highest BCUT2D eigenvalue weighted by molar-refractivity contribution is 7.98. The fourth-order valence-electron chi connectivity index (χ4n) is 10.1. The number of carbonyl (C=O) groups is 5. The van der Waals surface area contributed by atoms with Gasteiger partial charge >= 0.3 is 19.8 Å². The molecule has 0 saturated heterocycles. The van der Waals surface area contributed by atoms with Crippen LogP contribution < -0.4 is 5.32 Å². The first-order chi connectivity index (χ1) is 44.2. The minimum absolute atomic E-state index is 0.0308. The van der Waals surface area contributed by atoms with Crippen molar-refractivity contribution in [2.45, 2.75) is 278 Å². The number of rotatable bonds is 56. The normalized spacial score (nSPS) is 13.3. The van der Waals surface area contributed by atoms with Gasteiger partial charge in [-0.2, -0.15) is 11.8 Å². The van der Waals surface area contributed by atoms with E-state index in [1.165, 1.54) is 128 Å². The molecular formula is C71H124N5O13PS. The third-order valence-electron chi connectivity index (χ3n) is 15.6. The number of hydrogen-bond donors (Lipinski definition) is 2. The standard InChI is InChI=1S/C59H106N3O11PS.C8H11NO.C4H7NO/c1-5-8-10-12-14-16-18-20-22-24-26-28-35-41-58(66)70-50-55(73-59(67)42-36-29-27-25-23-21-19-17-15-13-11-9-6-2)51-72-74(68,69)71-48-43-60-56(64)40-34-31-37-44-61(53(4)63)45-46-62(57(65)7-3)47-49-75-52-54-38-32-30-33-39-54;1-2-3-4-5-8-9-6-7-10-8;1-4-5-2-3-6-4/h30,32-33,38-39,55H,5-29,31,34-37,40-52H2,1-4H3,(H,60,64)(H,68,69);1H,3-7H2;2-3H2,1H3/t55-;;/m1../s1. The molecule has 1 aromatic carbocycles. The lowest BCUT2D eigenvalue weighted by Gasteiger charge is -2.27. The van der Waals surface area contributed by atoms with Crippen LogP contribution in [0.3, 0.4) is 0 Å². The SMILES string of the molecule is C#CCCCC1=NCCO1.CC1=NCCO1.CCCCCCCCCCCCCCCC(=O)OC[C@H](COP(=O)(O)OCCNC(=O)CCCCCN(CCN(CCSCc1ccccc1)C(=O)CC)C(C)=O)OC(=O)CCCCCCCCCCCCCCC. The second kappa shape index (κ2) is 60.5. The summed E-state index contributed by atoms with van der Waals surface area (Å²) in [6.07, 6.45) is 40.7. The molecule has 0 aliphatic carbocycles. The fourth-order valence-corrected chi connectivity index (χ4v) is 11.8. The molecule has 0 fully saturated rings. The first kappa shape index (κ1) is 84.5. The Morgan fingerprint density at radius 1 is 0.648 bits per heavy atom. The number of esters is 2. The lowest BCUT2D eigenvalue weighted by Crippen LogP contribution is -2.41. The van der Waals surface area contributed by atoms with E-state index in [-0.39, 0.29) is 56.7 Å². The molecule has 20 heteroatoms. The number of phosphoric acid groups is 1. The maximum absolute atomic E-state index is 12.9. The number of amides is 3. The predicted molar refractivity (Wildman–Crippen MR) is 371 cm³/mol. The number of nitrogens with zero attached hydrogens (tertiary/aromatic N) is 4. The fraction of sp³-hybridized carbons (Fsp3) is 0.789. The topological polar surface area (TPSA) is 221 Å². The zero-order valence-electron chi connectivity index (χ0n) is 57.4. The van der Waals surface area contributed by atoms with Gasteiger partial charge in [-0.05, 0) is 37.7 Å². The van der Waals surface area contributed by atoms with Gasteiger partial charge in [-0.15, -0.1) is 12.3 Å². The third kappa shape index (κ3) is 53.6. The van der Waals surface area contributed by atoms with Gasteiger partial charge < -0.3 is 39.0 Å². The van der Waals surface area contributed by atoms with Crippen LogP contribution in [0.15, 0.2) is 40.3 Å². The van der Waals surface area contributed by atoms with Crippen molar-refractivity contribution in [3.05, 3.63) is 35.9 Å².